The van der Waals surface area contributed by atoms with E-state index in [9.17, 15) is 4.79 Å². The van der Waals surface area contributed by atoms with E-state index in [4.69, 9.17) is 9.47 Å². The zero-order valence-corrected chi connectivity index (χ0v) is 13.6. The number of likely N-dealkylation sites (N-methyl/N-ethyl adjacent to an activating group) is 2. The molecule has 0 radical (unpaired) electrons. The van der Waals surface area contributed by atoms with Crippen molar-refractivity contribution in [3.8, 4) is 0 Å². The van der Waals surface area contributed by atoms with Gasteiger partial charge in [0.05, 0.1) is 13.7 Å². The highest BCUT2D eigenvalue weighted by Gasteiger charge is 2.52. The van der Waals surface area contributed by atoms with Crippen LogP contribution in [0.1, 0.15) is 33.6 Å². The van der Waals surface area contributed by atoms with Crippen LogP contribution in [-0.4, -0.2) is 62.9 Å². The van der Waals surface area contributed by atoms with Crippen molar-refractivity contribution in [2.45, 2.75) is 45.2 Å². The maximum atomic E-state index is 12.4. The molecular weight excluding hydrogens is 256 g/mol. The summed E-state index contributed by atoms with van der Waals surface area (Å²) in [6.45, 7) is 9.29. The Labute approximate surface area is 123 Å². The Bertz CT molecular complexity index is 307. The molecule has 0 saturated heterocycles. The molecule has 0 aromatic rings. The van der Waals surface area contributed by atoms with E-state index in [0.29, 0.717) is 19.1 Å². The van der Waals surface area contributed by atoms with Crippen LogP contribution in [0.3, 0.4) is 0 Å². The van der Waals surface area contributed by atoms with Crippen LogP contribution in [0.4, 0.5) is 0 Å². The van der Waals surface area contributed by atoms with E-state index in [2.05, 4.69) is 24.1 Å². The maximum Gasteiger partial charge on any atom is 0.327 e. The zero-order valence-electron chi connectivity index (χ0n) is 13.6. The van der Waals surface area contributed by atoms with E-state index in [-0.39, 0.29) is 12.0 Å². The number of hydrogen-bond donors (Lipinski definition) is 1. The SMILES string of the molecule is CCNC(CN(CC)C(C)COC)(C(=O)OC)C1CC1. The number of methoxy groups -OCH3 is 2. The fourth-order valence-electron chi connectivity index (χ4n) is 2.95. The van der Waals surface area contributed by atoms with E-state index in [0.717, 1.165) is 25.9 Å². The van der Waals surface area contributed by atoms with Gasteiger partial charge >= 0.3 is 5.97 Å². The molecule has 118 valence electrons. The van der Waals surface area contributed by atoms with Crippen molar-refractivity contribution in [1.29, 1.82) is 0 Å². The van der Waals surface area contributed by atoms with Gasteiger partial charge in [0.15, 0.2) is 0 Å². The largest absolute Gasteiger partial charge is 0.468 e. The number of hydrogen-bond acceptors (Lipinski definition) is 5. The maximum absolute atomic E-state index is 12.4. The summed E-state index contributed by atoms with van der Waals surface area (Å²) in [5.41, 5.74) is -0.568. The van der Waals surface area contributed by atoms with Gasteiger partial charge in [-0.15, -0.1) is 0 Å². The zero-order chi connectivity index (χ0) is 15.2. The molecule has 1 N–H and O–H groups in total. The average molecular weight is 286 g/mol. The van der Waals surface area contributed by atoms with Crippen LogP contribution < -0.4 is 5.32 Å². The lowest BCUT2D eigenvalue weighted by Crippen LogP contribution is -2.62. The summed E-state index contributed by atoms with van der Waals surface area (Å²) < 4.78 is 10.3. The van der Waals surface area contributed by atoms with Crippen molar-refractivity contribution in [1.82, 2.24) is 10.2 Å². The van der Waals surface area contributed by atoms with Crippen LogP contribution in [0, 0.1) is 5.92 Å². The normalized spacial score (nSPS) is 19.7. The molecule has 0 amide bonds. The molecule has 2 atom stereocenters. The Kier molecular flexibility index (Phi) is 6.92. The standard InChI is InChI=1S/C15H30N2O3/c1-6-16-15(13-8-9-13,14(18)20-5)11-17(7-2)12(3)10-19-4/h12-13,16H,6-11H2,1-5H3. The summed E-state index contributed by atoms with van der Waals surface area (Å²) in [5.74, 6) is 0.253. The van der Waals surface area contributed by atoms with Crippen LogP contribution in [0.2, 0.25) is 0 Å². The van der Waals surface area contributed by atoms with Gasteiger partial charge in [-0.05, 0) is 38.8 Å². The van der Waals surface area contributed by atoms with Crippen LogP contribution in [0.25, 0.3) is 0 Å². The number of carbonyl (C=O) groups excluding carboxylic acids is 1. The second kappa shape index (κ2) is 7.96. The molecule has 1 aliphatic rings. The fourth-order valence-corrected chi connectivity index (χ4v) is 2.95. The first-order valence-corrected chi connectivity index (χ1v) is 7.62. The quantitative estimate of drug-likeness (QED) is 0.613. The summed E-state index contributed by atoms with van der Waals surface area (Å²) in [6.07, 6.45) is 2.19. The minimum atomic E-state index is -0.568. The third kappa shape index (κ3) is 3.93. The number of carbonyl (C=O) groups is 1. The van der Waals surface area contributed by atoms with Crippen LogP contribution in [-0.2, 0) is 14.3 Å². The monoisotopic (exact) mass is 286 g/mol. The summed E-state index contributed by atoms with van der Waals surface area (Å²) in [6, 6.07) is 0.284. The Morgan fingerprint density at radius 2 is 2.05 bits per heavy atom. The van der Waals surface area contributed by atoms with Crippen molar-refractivity contribution in [3.63, 3.8) is 0 Å². The molecule has 1 rings (SSSR count). The van der Waals surface area contributed by atoms with Gasteiger partial charge in [-0.25, -0.2) is 4.79 Å². The lowest BCUT2D eigenvalue weighted by atomic mass is 9.91. The van der Waals surface area contributed by atoms with E-state index < -0.39 is 5.54 Å². The summed E-state index contributed by atoms with van der Waals surface area (Å²) in [7, 11) is 3.19. The first kappa shape index (κ1) is 17.4. The van der Waals surface area contributed by atoms with E-state index in [1.54, 1.807) is 7.11 Å². The summed E-state index contributed by atoms with van der Waals surface area (Å²) in [5, 5.41) is 3.41. The van der Waals surface area contributed by atoms with Crippen LogP contribution in [0.15, 0.2) is 0 Å². The Morgan fingerprint density at radius 1 is 1.40 bits per heavy atom. The highest BCUT2D eigenvalue weighted by molar-refractivity contribution is 5.82. The highest BCUT2D eigenvalue weighted by Crippen LogP contribution is 2.41. The van der Waals surface area contributed by atoms with Crippen LogP contribution >= 0.6 is 0 Å². The molecule has 0 heterocycles. The lowest BCUT2D eigenvalue weighted by molar-refractivity contribution is -0.151. The summed E-state index contributed by atoms with van der Waals surface area (Å²) >= 11 is 0. The Hall–Kier alpha value is -0.650. The second-order valence-electron chi connectivity index (χ2n) is 5.63. The second-order valence-corrected chi connectivity index (χ2v) is 5.63. The fraction of sp³-hybridized carbons (Fsp3) is 0.933. The van der Waals surface area contributed by atoms with Gasteiger partial charge in [0.25, 0.3) is 0 Å². The molecule has 0 spiro atoms. The molecule has 0 aromatic heterocycles. The molecule has 5 heteroatoms. The Balaban J connectivity index is 2.88. The predicted molar refractivity (Wildman–Crippen MR) is 79.7 cm³/mol. The van der Waals surface area contributed by atoms with Gasteiger partial charge in [-0.2, -0.15) is 0 Å². The van der Waals surface area contributed by atoms with Gasteiger partial charge in [0, 0.05) is 19.7 Å². The van der Waals surface area contributed by atoms with Crippen LogP contribution in [0.5, 0.6) is 0 Å². The minimum absolute atomic E-state index is 0.134. The van der Waals surface area contributed by atoms with E-state index >= 15 is 0 Å². The van der Waals surface area contributed by atoms with Crippen molar-refractivity contribution in [3.05, 3.63) is 0 Å². The highest BCUT2D eigenvalue weighted by atomic mass is 16.5. The van der Waals surface area contributed by atoms with Crippen molar-refractivity contribution in [2.75, 3.05) is 40.5 Å². The van der Waals surface area contributed by atoms with Gasteiger partial charge < -0.3 is 14.8 Å². The molecule has 2 unspecified atom stereocenters. The number of nitrogens with zero attached hydrogens (tertiary/aromatic N) is 1. The number of rotatable bonds is 10. The van der Waals surface area contributed by atoms with E-state index in [1.807, 2.05) is 6.92 Å². The molecule has 1 fully saturated rings. The average Bonchev–Trinajstić information content (AvgIpc) is 3.27. The molecule has 0 bridgehead atoms. The first-order valence-electron chi connectivity index (χ1n) is 7.62. The predicted octanol–water partition coefficient (Wildman–Crippen LogP) is 1.27. The molecule has 0 aliphatic heterocycles. The van der Waals surface area contributed by atoms with Crippen molar-refractivity contribution in [2.24, 2.45) is 5.92 Å². The summed E-state index contributed by atoms with van der Waals surface area (Å²) in [4.78, 5) is 14.7. The molecule has 1 saturated carbocycles. The molecule has 0 aromatic carbocycles. The van der Waals surface area contributed by atoms with Crippen molar-refractivity contribution >= 4 is 5.97 Å². The van der Waals surface area contributed by atoms with Gasteiger partial charge in [-0.3, -0.25) is 4.90 Å². The lowest BCUT2D eigenvalue weighted by Gasteiger charge is -2.39. The minimum Gasteiger partial charge on any atom is -0.468 e. The molecule has 20 heavy (non-hydrogen) atoms. The number of esters is 1. The molecule has 5 nitrogen and oxygen atoms in total. The number of ether oxygens (including phenoxy) is 2. The van der Waals surface area contributed by atoms with Crippen molar-refractivity contribution < 1.29 is 14.3 Å². The third-order valence-corrected chi connectivity index (χ3v) is 4.21. The molecule has 1 aliphatic carbocycles. The Morgan fingerprint density at radius 3 is 2.45 bits per heavy atom. The van der Waals surface area contributed by atoms with Gasteiger partial charge in [0.2, 0.25) is 0 Å². The van der Waals surface area contributed by atoms with E-state index in [1.165, 1.54) is 7.11 Å². The van der Waals surface area contributed by atoms with Gasteiger partial charge in [-0.1, -0.05) is 13.8 Å². The molecular formula is C15H30N2O3. The number of nitrogens with one attached hydrogen (secondary N) is 1. The first-order chi connectivity index (χ1) is 9.55. The smallest absolute Gasteiger partial charge is 0.327 e. The third-order valence-electron chi connectivity index (χ3n) is 4.21. The van der Waals surface area contributed by atoms with Gasteiger partial charge in [0.1, 0.15) is 5.54 Å². The topological polar surface area (TPSA) is 50.8 Å².